The first kappa shape index (κ1) is 8.34. The quantitative estimate of drug-likeness (QED) is 0.269. The summed E-state index contributed by atoms with van der Waals surface area (Å²) in [6.45, 7) is -0.237. The molecule has 0 saturated carbocycles. The van der Waals surface area contributed by atoms with Crippen LogP contribution in [0.15, 0.2) is 0 Å². The van der Waals surface area contributed by atoms with Crippen LogP contribution in [0.1, 0.15) is 0 Å². The molecule has 0 saturated heterocycles. The molecule has 0 spiro atoms. The van der Waals surface area contributed by atoms with Crippen LogP contribution >= 0.6 is 0 Å². The summed E-state index contributed by atoms with van der Waals surface area (Å²) in [4.78, 5) is 0. The first-order valence-corrected chi connectivity index (χ1v) is 3.57. The third kappa shape index (κ3) is 7.34. The summed E-state index contributed by atoms with van der Waals surface area (Å²) in [5.74, 6) is -0.274. The molecule has 0 unspecified atom stereocenters. The maximum Gasteiger partial charge on any atom is 0.274 e. The van der Waals surface area contributed by atoms with Gasteiger partial charge in [0, 0.05) is 0 Å². The zero-order valence-corrected chi connectivity index (χ0v) is 5.40. The summed E-state index contributed by atoms with van der Waals surface area (Å²) >= 11 is 0. The Morgan fingerprint density at radius 1 is 1.67 bits per heavy atom. The normalized spacial score (nSPS) is 11.2. The van der Waals surface area contributed by atoms with Crippen LogP contribution in [-0.4, -0.2) is 20.8 Å². The van der Waals surface area contributed by atoms with Crippen molar-refractivity contribution >= 4 is 16.0 Å². The summed E-state index contributed by atoms with van der Waals surface area (Å²) in [7, 11) is -3.69. The van der Waals surface area contributed by atoms with Gasteiger partial charge in [-0.1, -0.05) is 0 Å². The SMILES string of the molecule is N=C(N)CNS(N)(=O)=O. The van der Waals surface area contributed by atoms with Crippen molar-refractivity contribution in [2.45, 2.75) is 0 Å². The predicted molar refractivity (Wildman–Crippen MR) is 33.0 cm³/mol. The lowest BCUT2D eigenvalue weighted by molar-refractivity contribution is 0.588. The molecule has 0 rings (SSSR count). The highest BCUT2D eigenvalue weighted by Gasteiger charge is 1.98. The second kappa shape index (κ2) is 2.76. The predicted octanol–water partition coefficient (Wildman–Crippen LogP) is -2.28. The number of amidine groups is 1. The smallest absolute Gasteiger partial charge is 0.274 e. The van der Waals surface area contributed by atoms with E-state index in [2.05, 4.69) is 5.14 Å². The Hall–Kier alpha value is -0.660. The van der Waals surface area contributed by atoms with Gasteiger partial charge in [0.25, 0.3) is 10.2 Å². The minimum atomic E-state index is -3.69. The lowest BCUT2D eigenvalue weighted by Crippen LogP contribution is -2.37. The molecule has 0 aliphatic rings. The maximum absolute atomic E-state index is 10.1. The van der Waals surface area contributed by atoms with Crippen LogP contribution in [0.4, 0.5) is 0 Å². The van der Waals surface area contributed by atoms with Gasteiger partial charge in [-0.15, -0.1) is 0 Å². The molecule has 9 heavy (non-hydrogen) atoms. The summed E-state index contributed by atoms with van der Waals surface area (Å²) in [5, 5.41) is 11.1. The molecule has 0 radical (unpaired) electrons. The molecule has 7 heteroatoms. The van der Waals surface area contributed by atoms with E-state index in [1.54, 1.807) is 0 Å². The van der Waals surface area contributed by atoms with Crippen LogP contribution in [0.25, 0.3) is 0 Å². The summed E-state index contributed by atoms with van der Waals surface area (Å²) in [5.41, 5.74) is 4.80. The number of nitrogens with one attached hydrogen (secondary N) is 2. The van der Waals surface area contributed by atoms with E-state index in [4.69, 9.17) is 11.1 Å². The molecule has 0 aliphatic carbocycles. The van der Waals surface area contributed by atoms with Crippen LogP contribution in [0.2, 0.25) is 0 Å². The Balaban J connectivity index is 3.67. The fourth-order valence-electron chi connectivity index (χ4n) is 0.178. The molecule has 0 fully saturated rings. The van der Waals surface area contributed by atoms with E-state index < -0.39 is 10.2 Å². The molecule has 0 bridgehead atoms. The lowest BCUT2D eigenvalue weighted by Gasteiger charge is -1.96. The topological polar surface area (TPSA) is 122 Å². The Morgan fingerprint density at radius 2 is 2.11 bits per heavy atom. The molecule has 0 aromatic rings. The van der Waals surface area contributed by atoms with Crippen molar-refractivity contribution in [1.29, 1.82) is 5.41 Å². The van der Waals surface area contributed by atoms with Crippen LogP contribution in [0, 0.1) is 5.41 Å². The van der Waals surface area contributed by atoms with Crippen molar-refractivity contribution in [3.05, 3.63) is 0 Å². The van der Waals surface area contributed by atoms with Gasteiger partial charge in [0.1, 0.15) is 5.84 Å². The zero-order chi connectivity index (χ0) is 7.49. The first-order chi connectivity index (χ1) is 3.92. The van der Waals surface area contributed by atoms with Gasteiger partial charge in [0.2, 0.25) is 0 Å². The van der Waals surface area contributed by atoms with E-state index in [0.717, 1.165) is 0 Å². The van der Waals surface area contributed by atoms with Gasteiger partial charge in [-0.05, 0) is 0 Å². The van der Waals surface area contributed by atoms with Gasteiger partial charge in [-0.25, -0.2) is 5.14 Å². The largest absolute Gasteiger partial charge is 0.387 e. The van der Waals surface area contributed by atoms with Crippen LogP contribution in [-0.2, 0) is 10.2 Å². The zero-order valence-electron chi connectivity index (χ0n) is 4.59. The van der Waals surface area contributed by atoms with E-state index in [0.29, 0.717) is 0 Å². The minimum absolute atomic E-state index is 0.237. The fourth-order valence-corrected chi connectivity index (χ4v) is 0.535. The molecule has 0 aromatic carbocycles. The maximum atomic E-state index is 10.1. The monoisotopic (exact) mass is 152 g/mol. The second-order valence-corrected chi connectivity index (χ2v) is 2.77. The molecule has 0 atom stereocenters. The molecule has 54 valence electrons. The lowest BCUT2D eigenvalue weighted by atomic mass is 10.6. The molecule has 0 aliphatic heterocycles. The van der Waals surface area contributed by atoms with Crippen molar-refractivity contribution in [3.8, 4) is 0 Å². The van der Waals surface area contributed by atoms with Gasteiger partial charge in [-0.3, -0.25) is 5.41 Å². The number of hydrogen-bond acceptors (Lipinski definition) is 3. The highest BCUT2D eigenvalue weighted by Crippen LogP contribution is 1.63. The first-order valence-electron chi connectivity index (χ1n) is 2.02. The molecule has 6 N–H and O–H groups in total. The summed E-state index contributed by atoms with van der Waals surface area (Å²) in [6.07, 6.45) is 0. The van der Waals surface area contributed by atoms with Crippen molar-refractivity contribution in [2.75, 3.05) is 6.54 Å². The van der Waals surface area contributed by atoms with Crippen molar-refractivity contribution in [3.63, 3.8) is 0 Å². The van der Waals surface area contributed by atoms with Crippen LogP contribution in [0.3, 0.4) is 0 Å². The highest BCUT2D eigenvalue weighted by molar-refractivity contribution is 7.87. The van der Waals surface area contributed by atoms with Gasteiger partial charge in [-0.2, -0.15) is 13.1 Å². The second-order valence-electron chi connectivity index (χ2n) is 1.39. The Labute approximate surface area is 52.9 Å². The van der Waals surface area contributed by atoms with Crippen molar-refractivity contribution in [2.24, 2.45) is 10.9 Å². The highest BCUT2D eigenvalue weighted by atomic mass is 32.2. The molecular weight excluding hydrogens is 144 g/mol. The molecule has 0 heterocycles. The fraction of sp³-hybridized carbons (Fsp3) is 0.500. The van der Waals surface area contributed by atoms with Crippen LogP contribution < -0.4 is 15.6 Å². The molecule has 6 nitrogen and oxygen atoms in total. The number of nitrogens with two attached hydrogens (primary N) is 2. The number of hydrogen-bond donors (Lipinski definition) is 4. The summed E-state index contributed by atoms with van der Waals surface area (Å²) in [6, 6.07) is 0. The third-order valence-corrected chi connectivity index (χ3v) is 1.01. The minimum Gasteiger partial charge on any atom is -0.387 e. The van der Waals surface area contributed by atoms with Crippen molar-refractivity contribution in [1.82, 2.24) is 4.72 Å². The standard InChI is InChI=1S/C2H8N4O2S/c3-2(4)1-6-9(5,7)8/h6H,1H2,(H3,3,4)(H2,5,7,8). The Bertz CT molecular complexity index is 195. The van der Waals surface area contributed by atoms with E-state index in [9.17, 15) is 8.42 Å². The third-order valence-electron chi connectivity index (χ3n) is 0.464. The van der Waals surface area contributed by atoms with Gasteiger partial charge in [0.05, 0.1) is 6.54 Å². The molecule has 0 aromatic heterocycles. The van der Waals surface area contributed by atoms with Crippen molar-refractivity contribution < 1.29 is 8.42 Å². The van der Waals surface area contributed by atoms with E-state index in [1.165, 1.54) is 0 Å². The van der Waals surface area contributed by atoms with Gasteiger partial charge >= 0.3 is 0 Å². The van der Waals surface area contributed by atoms with Crippen LogP contribution in [0.5, 0.6) is 0 Å². The van der Waals surface area contributed by atoms with Gasteiger partial charge in [0.15, 0.2) is 0 Å². The Morgan fingerprint density at radius 3 is 2.22 bits per heavy atom. The van der Waals surface area contributed by atoms with E-state index >= 15 is 0 Å². The average molecular weight is 152 g/mol. The molecular formula is C2H8N4O2S. The average Bonchev–Trinajstić information content (AvgIpc) is 1.59. The molecule has 0 amide bonds. The van der Waals surface area contributed by atoms with E-state index in [1.807, 2.05) is 4.72 Å². The number of rotatable bonds is 3. The van der Waals surface area contributed by atoms with Gasteiger partial charge < -0.3 is 5.73 Å². The van der Waals surface area contributed by atoms with E-state index in [-0.39, 0.29) is 12.4 Å². The summed E-state index contributed by atoms with van der Waals surface area (Å²) < 4.78 is 21.9. The Kier molecular flexibility index (Phi) is 2.56.